The molecule has 0 radical (unpaired) electrons. The van der Waals surface area contributed by atoms with Crippen molar-refractivity contribution in [2.75, 3.05) is 5.32 Å². The van der Waals surface area contributed by atoms with Crippen molar-refractivity contribution in [2.45, 2.75) is 27.3 Å². The first-order valence-corrected chi connectivity index (χ1v) is 12.6. The molecule has 0 aliphatic carbocycles. The molecular formula is C29H25FN4O2S. The zero-order valence-electron chi connectivity index (χ0n) is 20.6. The Bertz CT molecular complexity index is 1600. The number of fused-ring (bicyclic) bond motifs is 1. The van der Waals surface area contributed by atoms with Gasteiger partial charge in [-0.05, 0) is 79.4 Å². The number of aromatic amines is 1. The predicted molar refractivity (Wildman–Crippen MR) is 146 cm³/mol. The fourth-order valence-electron chi connectivity index (χ4n) is 4.03. The molecule has 6 nitrogen and oxygen atoms in total. The molecule has 2 aromatic heterocycles. The molecule has 37 heavy (non-hydrogen) atoms. The summed E-state index contributed by atoms with van der Waals surface area (Å²) in [5, 5.41) is 6.20. The number of benzene rings is 3. The fraction of sp³-hybridized carbons (Fsp3) is 0.138. The van der Waals surface area contributed by atoms with Crippen LogP contribution < -0.4 is 10.6 Å². The first kappa shape index (κ1) is 24.4. The van der Waals surface area contributed by atoms with Crippen LogP contribution >= 0.6 is 11.3 Å². The van der Waals surface area contributed by atoms with E-state index in [1.165, 1.54) is 46.7 Å². The van der Waals surface area contributed by atoms with Gasteiger partial charge in [0.25, 0.3) is 11.8 Å². The van der Waals surface area contributed by atoms with Gasteiger partial charge in [-0.1, -0.05) is 30.3 Å². The van der Waals surface area contributed by atoms with E-state index in [0.717, 1.165) is 33.5 Å². The zero-order chi connectivity index (χ0) is 26.1. The van der Waals surface area contributed by atoms with Gasteiger partial charge in [-0.2, -0.15) is 0 Å². The lowest BCUT2D eigenvalue weighted by molar-refractivity contribution is 0.0953. The van der Waals surface area contributed by atoms with Crippen molar-refractivity contribution < 1.29 is 14.0 Å². The molecule has 0 saturated carbocycles. The van der Waals surface area contributed by atoms with Crippen molar-refractivity contribution in [1.29, 1.82) is 0 Å². The van der Waals surface area contributed by atoms with E-state index in [0.29, 0.717) is 16.4 Å². The van der Waals surface area contributed by atoms with E-state index in [1.54, 1.807) is 6.07 Å². The zero-order valence-corrected chi connectivity index (χ0v) is 21.4. The topological polar surface area (TPSA) is 86.9 Å². The molecular weight excluding hydrogens is 487 g/mol. The Morgan fingerprint density at radius 1 is 0.919 bits per heavy atom. The third kappa shape index (κ3) is 5.29. The van der Waals surface area contributed by atoms with Gasteiger partial charge in [-0.3, -0.25) is 9.59 Å². The lowest BCUT2D eigenvalue weighted by Crippen LogP contribution is -2.22. The van der Waals surface area contributed by atoms with E-state index in [-0.39, 0.29) is 11.5 Å². The predicted octanol–water partition coefficient (Wildman–Crippen LogP) is 6.54. The highest BCUT2D eigenvalue weighted by molar-refractivity contribution is 7.18. The Balaban J connectivity index is 1.22. The number of nitrogens with one attached hydrogen (secondary N) is 3. The number of aryl methyl sites for hydroxylation is 3. The van der Waals surface area contributed by atoms with E-state index < -0.39 is 11.7 Å². The van der Waals surface area contributed by atoms with E-state index in [1.807, 2.05) is 31.2 Å². The van der Waals surface area contributed by atoms with E-state index in [2.05, 4.69) is 41.6 Å². The molecule has 2 amide bonds. The first-order chi connectivity index (χ1) is 17.8. The number of aromatic nitrogens is 2. The Kier molecular flexibility index (Phi) is 6.58. The number of H-pyrrole nitrogens is 1. The molecule has 3 aromatic carbocycles. The number of halogens is 1. The second-order valence-electron chi connectivity index (χ2n) is 9.01. The summed E-state index contributed by atoms with van der Waals surface area (Å²) in [7, 11) is 0. The van der Waals surface area contributed by atoms with Crippen LogP contribution in [0, 0.1) is 26.6 Å². The van der Waals surface area contributed by atoms with Crippen LogP contribution in [0.4, 0.5) is 9.39 Å². The number of nitrogens with zero attached hydrogens (tertiary/aromatic N) is 1. The van der Waals surface area contributed by atoms with E-state index >= 15 is 0 Å². The second-order valence-corrected chi connectivity index (χ2v) is 10.1. The summed E-state index contributed by atoms with van der Waals surface area (Å²) in [4.78, 5) is 33.8. The molecule has 0 bridgehead atoms. The average Bonchev–Trinajstić information content (AvgIpc) is 3.45. The summed E-state index contributed by atoms with van der Waals surface area (Å²) in [5.41, 5.74) is 7.26. The van der Waals surface area contributed by atoms with Crippen LogP contribution in [0.15, 0.2) is 66.7 Å². The van der Waals surface area contributed by atoms with Gasteiger partial charge >= 0.3 is 0 Å². The lowest BCUT2D eigenvalue weighted by Gasteiger charge is -2.06. The van der Waals surface area contributed by atoms with Crippen LogP contribution in [0.1, 0.15) is 42.3 Å². The van der Waals surface area contributed by atoms with E-state index in [9.17, 15) is 14.0 Å². The quantitative estimate of drug-likeness (QED) is 0.241. The molecule has 0 aliphatic rings. The van der Waals surface area contributed by atoms with Gasteiger partial charge in [-0.15, -0.1) is 11.3 Å². The van der Waals surface area contributed by atoms with Crippen molar-refractivity contribution >= 4 is 39.2 Å². The van der Waals surface area contributed by atoms with Crippen molar-refractivity contribution in [1.82, 2.24) is 15.3 Å². The minimum Gasteiger partial charge on any atom is -0.347 e. The van der Waals surface area contributed by atoms with Crippen LogP contribution in [0.3, 0.4) is 0 Å². The summed E-state index contributed by atoms with van der Waals surface area (Å²) >= 11 is 1.18. The SMILES string of the molecule is Cc1cc2nc(-c3ccc(CNC(=O)c4sc(NC(=O)c5cccc(F)c5)cc4C)cc3)[nH]c2cc1C. The van der Waals surface area contributed by atoms with Gasteiger partial charge in [0.05, 0.1) is 20.9 Å². The van der Waals surface area contributed by atoms with Gasteiger partial charge < -0.3 is 15.6 Å². The van der Waals surface area contributed by atoms with Crippen molar-refractivity contribution in [3.8, 4) is 11.4 Å². The van der Waals surface area contributed by atoms with Crippen LogP contribution in [-0.2, 0) is 6.54 Å². The summed E-state index contributed by atoms with van der Waals surface area (Å²) in [6.07, 6.45) is 0. The summed E-state index contributed by atoms with van der Waals surface area (Å²) in [6.45, 7) is 6.34. The molecule has 0 spiro atoms. The second kappa shape index (κ2) is 9.99. The van der Waals surface area contributed by atoms with Crippen molar-refractivity contribution in [3.63, 3.8) is 0 Å². The maximum atomic E-state index is 13.4. The number of carbonyl (C=O) groups is 2. The minimum absolute atomic E-state index is 0.216. The molecule has 0 unspecified atom stereocenters. The number of amides is 2. The average molecular weight is 513 g/mol. The molecule has 0 aliphatic heterocycles. The third-order valence-corrected chi connectivity index (χ3v) is 7.38. The number of hydrogen-bond donors (Lipinski definition) is 3. The van der Waals surface area contributed by atoms with Crippen molar-refractivity contribution in [3.05, 3.63) is 105 Å². The number of anilines is 1. The highest BCUT2D eigenvalue weighted by Crippen LogP contribution is 2.27. The van der Waals surface area contributed by atoms with Gasteiger partial charge in [0.2, 0.25) is 0 Å². The van der Waals surface area contributed by atoms with Gasteiger partial charge in [-0.25, -0.2) is 9.37 Å². The highest BCUT2D eigenvalue weighted by atomic mass is 32.1. The standard InChI is InChI=1S/C29H25FN4O2S/c1-16-11-23-24(12-17(16)2)33-27(32-23)20-9-7-19(8-10-20)15-31-29(36)26-18(3)13-25(37-26)34-28(35)21-5-4-6-22(30)14-21/h4-14H,15H2,1-3H3,(H,31,36)(H,32,33)(H,34,35). The molecule has 5 aromatic rings. The number of imidazole rings is 1. The summed E-state index contributed by atoms with van der Waals surface area (Å²) < 4.78 is 13.4. The van der Waals surface area contributed by atoms with Gasteiger partial charge in [0, 0.05) is 17.7 Å². The smallest absolute Gasteiger partial charge is 0.261 e. The summed E-state index contributed by atoms with van der Waals surface area (Å²) in [5.74, 6) is -0.327. The van der Waals surface area contributed by atoms with Crippen LogP contribution in [-0.4, -0.2) is 21.8 Å². The van der Waals surface area contributed by atoms with E-state index in [4.69, 9.17) is 4.98 Å². The van der Waals surface area contributed by atoms with Crippen LogP contribution in [0.5, 0.6) is 0 Å². The maximum Gasteiger partial charge on any atom is 0.261 e. The number of thiophene rings is 1. The first-order valence-electron chi connectivity index (χ1n) is 11.8. The van der Waals surface area contributed by atoms with Crippen molar-refractivity contribution in [2.24, 2.45) is 0 Å². The fourth-order valence-corrected chi connectivity index (χ4v) is 5.02. The molecule has 0 saturated heterocycles. The van der Waals surface area contributed by atoms with Crippen LogP contribution in [0.25, 0.3) is 22.4 Å². The Hall–Kier alpha value is -4.30. The highest BCUT2D eigenvalue weighted by Gasteiger charge is 2.16. The number of rotatable bonds is 6. The largest absolute Gasteiger partial charge is 0.347 e. The molecule has 5 rings (SSSR count). The molecule has 2 heterocycles. The minimum atomic E-state index is -0.481. The molecule has 0 atom stereocenters. The maximum absolute atomic E-state index is 13.4. The Labute approximate surface area is 217 Å². The Morgan fingerprint density at radius 3 is 2.43 bits per heavy atom. The van der Waals surface area contributed by atoms with Gasteiger partial charge in [0.15, 0.2) is 0 Å². The Morgan fingerprint density at radius 2 is 1.68 bits per heavy atom. The monoisotopic (exact) mass is 512 g/mol. The van der Waals surface area contributed by atoms with Crippen LogP contribution in [0.2, 0.25) is 0 Å². The normalized spacial score (nSPS) is 11.0. The molecule has 186 valence electrons. The van der Waals surface area contributed by atoms with Gasteiger partial charge in [0.1, 0.15) is 11.6 Å². The molecule has 3 N–H and O–H groups in total. The number of hydrogen-bond acceptors (Lipinski definition) is 4. The number of carbonyl (C=O) groups excluding carboxylic acids is 2. The summed E-state index contributed by atoms with van der Waals surface area (Å²) in [6, 6.07) is 19.3. The lowest BCUT2D eigenvalue weighted by atomic mass is 10.1. The molecule has 8 heteroatoms. The third-order valence-electron chi connectivity index (χ3n) is 6.23. The molecule has 0 fully saturated rings.